The van der Waals surface area contributed by atoms with Gasteiger partial charge in [0.1, 0.15) is 0 Å². The first-order valence-corrected chi connectivity index (χ1v) is 6.53. The molecular weight excluding hydrogens is 232 g/mol. The number of anilines is 1. The van der Waals surface area contributed by atoms with E-state index in [-0.39, 0.29) is 5.54 Å². The minimum atomic E-state index is 0.209. The predicted octanol–water partition coefficient (Wildman–Crippen LogP) is 3.15. The average Bonchev–Trinajstić information content (AvgIpc) is 2.60. The Morgan fingerprint density at radius 2 is 2.06 bits per heavy atom. The van der Waals surface area contributed by atoms with Gasteiger partial charge in [0.05, 0.1) is 10.7 Å². The van der Waals surface area contributed by atoms with Crippen LogP contribution < -0.4 is 10.2 Å². The van der Waals surface area contributed by atoms with Crippen molar-refractivity contribution in [3.8, 4) is 0 Å². The molecule has 1 saturated heterocycles. The third kappa shape index (κ3) is 2.43. The summed E-state index contributed by atoms with van der Waals surface area (Å²) in [5, 5.41) is 4.28. The minimum absolute atomic E-state index is 0.209. The summed E-state index contributed by atoms with van der Waals surface area (Å²) in [6, 6.07) is 4.26. The Kier molecular flexibility index (Phi) is 3.37. The van der Waals surface area contributed by atoms with Gasteiger partial charge in [0.15, 0.2) is 0 Å². The van der Waals surface area contributed by atoms with Gasteiger partial charge in [0.25, 0.3) is 0 Å². The lowest BCUT2D eigenvalue weighted by atomic mass is 10.0. The fourth-order valence-corrected chi connectivity index (χ4v) is 3.11. The first-order valence-electron chi connectivity index (χ1n) is 6.16. The number of halogens is 1. The molecule has 1 aliphatic heterocycles. The van der Waals surface area contributed by atoms with E-state index in [1.807, 2.05) is 7.05 Å². The first-order chi connectivity index (χ1) is 7.95. The molecule has 1 atom stereocenters. The van der Waals surface area contributed by atoms with Crippen LogP contribution in [-0.2, 0) is 0 Å². The van der Waals surface area contributed by atoms with Crippen LogP contribution in [0, 0.1) is 13.8 Å². The van der Waals surface area contributed by atoms with Crippen molar-refractivity contribution in [2.75, 3.05) is 25.0 Å². The number of rotatable bonds is 2. The fraction of sp³-hybridized carbons (Fsp3) is 0.571. The van der Waals surface area contributed by atoms with E-state index in [0.717, 1.165) is 24.5 Å². The number of aryl methyl sites for hydroxylation is 2. The molecule has 2 rings (SSSR count). The number of hydrogen-bond donors (Lipinski definition) is 1. The van der Waals surface area contributed by atoms with E-state index in [0.29, 0.717) is 0 Å². The van der Waals surface area contributed by atoms with Gasteiger partial charge in [-0.25, -0.2) is 0 Å². The molecule has 17 heavy (non-hydrogen) atoms. The van der Waals surface area contributed by atoms with E-state index >= 15 is 0 Å². The van der Waals surface area contributed by atoms with Gasteiger partial charge in [-0.15, -0.1) is 0 Å². The maximum atomic E-state index is 6.39. The lowest BCUT2D eigenvalue weighted by Crippen LogP contribution is -2.42. The molecule has 1 aromatic carbocycles. The fourth-order valence-electron chi connectivity index (χ4n) is 2.66. The van der Waals surface area contributed by atoms with Crippen molar-refractivity contribution in [3.05, 3.63) is 28.3 Å². The molecule has 0 spiro atoms. The molecule has 1 fully saturated rings. The highest BCUT2D eigenvalue weighted by molar-refractivity contribution is 6.33. The topological polar surface area (TPSA) is 15.3 Å². The molecule has 0 aromatic heterocycles. The Morgan fingerprint density at radius 3 is 2.59 bits per heavy atom. The van der Waals surface area contributed by atoms with Crippen LogP contribution in [-0.4, -0.2) is 25.7 Å². The van der Waals surface area contributed by atoms with E-state index in [9.17, 15) is 0 Å². The van der Waals surface area contributed by atoms with Crippen LogP contribution in [0.5, 0.6) is 0 Å². The van der Waals surface area contributed by atoms with Crippen LogP contribution in [0.4, 0.5) is 5.69 Å². The number of nitrogens with zero attached hydrogens (tertiary/aromatic N) is 1. The van der Waals surface area contributed by atoms with Crippen LogP contribution >= 0.6 is 11.6 Å². The van der Waals surface area contributed by atoms with E-state index in [1.54, 1.807) is 0 Å². The van der Waals surface area contributed by atoms with Crippen LogP contribution in [0.1, 0.15) is 24.5 Å². The van der Waals surface area contributed by atoms with Crippen molar-refractivity contribution < 1.29 is 0 Å². The second-order valence-electron chi connectivity index (χ2n) is 5.39. The normalized spacial score (nSPS) is 24.4. The SMILES string of the molecule is CNC1(C)CCN(c2c(C)cc(C)cc2Cl)C1. The monoisotopic (exact) mass is 252 g/mol. The van der Waals surface area contributed by atoms with Crippen molar-refractivity contribution in [1.82, 2.24) is 5.32 Å². The zero-order valence-corrected chi connectivity index (χ0v) is 11.9. The lowest BCUT2D eigenvalue weighted by Gasteiger charge is -2.27. The molecule has 0 saturated carbocycles. The van der Waals surface area contributed by atoms with Gasteiger partial charge >= 0.3 is 0 Å². The molecule has 1 aliphatic rings. The van der Waals surface area contributed by atoms with E-state index in [4.69, 9.17) is 11.6 Å². The maximum absolute atomic E-state index is 6.39. The van der Waals surface area contributed by atoms with Crippen LogP contribution in [0.25, 0.3) is 0 Å². The zero-order chi connectivity index (χ0) is 12.6. The molecule has 0 aliphatic carbocycles. The summed E-state index contributed by atoms with van der Waals surface area (Å²) in [6.45, 7) is 8.59. The highest BCUT2D eigenvalue weighted by Gasteiger charge is 2.33. The van der Waals surface area contributed by atoms with E-state index in [1.165, 1.54) is 16.8 Å². The first kappa shape index (κ1) is 12.7. The molecule has 0 bridgehead atoms. The van der Waals surface area contributed by atoms with Gasteiger partial charge < -0.3 is 10.2 Å². The Bertz CT molecular complexity index is 407. The Morgan fingerprint density at radius 1 is 1.35 bits per heavy atom. The standard InChI is InChI=1S/C14H21ClN2/c1-10-7-11(2)13(12(15)8-10)17-6-5-14(3,9-17)16-4/h7-8,16H,5-6,9H2,1-4H3. The van der Waals surface area contributed by atoms with Gasteiger partial charge in [-0.3, -0.25) is 0 Å². The van der Waals surface area contributed by atoms with Crippen LogP contribution in [0.2, 0.25) is 5.02 Å². The zero-order valence-electron chi connectivity index (χ0n) is 11.1. The summed E-state index contributed by atoms with van der Waals surface area (Å²) in [5.74, 6) is 0. The van der Waals surface area contributed by atoms with Crippen LogP contribution in [0.3, 0.4) is 0 Å². The third-order valence-corrected chi connectivity index (χ3v) is 4.08. The summed E-state index contributed by atoms with van der Waals surface area (Å²) in [5.41, 5.74) is 3.92. The van der Waals surface area contributed by atoms with Gasteiger partial charge in [0.2, 0.25) is 0 Å². The number of likely N-dealkylation sites (N-methyl/N-ethyl adjacent to an activating group) is 1. The predicted molar refractivity (Wildman–Crippen MR) is 75.2 cm³/mol. The van der Waals surface area contributed by atoms with Gasteiger partial charge in [-0.1, -0.05) is 17.7 Å². The molecular formula is C14H21ClN2. The van der Waals surface area contributed by atoms with Gasteiger partial charge in [0, 0.05) is 18.6 Å². The summed E-state index contributed by atoms with van der Waals surface area (Å²) in [4.78, 5) is 2.40. The highest BCUT2D eigenvalue weighted by Crippen LogP contribution is 2.35. The minimum Gasteiger partial charge on any atom is -0.368 e. The summed E-state index contributed by atoms with van der Waals surface area (Å²) >= 11 is 6.39. The molecule has 94 valence electrons. The van der Waals surface area contributed by atoms with Crippen molar-refractivity contribution in [3.63, 3.8) is 0 Å². The number of benzene rings is 1. The molecule has 0 radical (unpaired) electrons. The molecule has 1 unspecified atom stereocenters. The van der Waals surface area contributed by atoms with E-state index < -0.39 is 0 Å². The number of hydrogen-bond acceptors (Lipinski definition) is 2. The van der Waals surface area contributed by atoms with Crippen molar-refractivity contribution >= 4 is 17.3 Å². The largest absolute Gasteiger partial charge is 0.368 e. The Balaban J connectivity index is 2.31. The van der Waals surface area contributed by atoms with Gasteiger partial charge in [-0.05, 0) is 51.4 Å². The highest BCUT2D eigenvalue weighted by atomic mass is 35.5. The quantitative estimate of drug-likeness (QED) is 0.870. The summed E-state index contributed by atoms with van der Waals surface area (Å²) in [7, 11) is 2.03. The van der Waals surface area contributed by atoms with Crippen molar-refractivity contribution in [1.29, 1.82) is 0 Å². The molecule has 1 heterocycles. The molecule has 1 N–H and O–H groups in total. The maximum Gasteiger partial charge on any atom is 0.0644 e. The molecule has 3 heteroatoms. The van der Waals surface area contributed by atoms with Crippen molar-refractivity contribution in [2.45, 2.75) is 32.7 Å². The van der Waals surface area contributed by atoms with Crippen molar-refractivity contribution in [2.24, 2.45) is 0 Å². The molecule has 0 amide bonds. The molecule has 2 nitrogen and oxygen atoms in total. The summed E-state index contributed by atoms with van der Waals surface area (Å²) in [6.07, 6.45) is 1.16. The van der Waals surface area contributed by atoms with E-state index in [2.05, 4.69) is 43.1 Å². The Labute approximate surface area is 109 Å². The van der Waals surface area contributed by atoms with Crippen LogP contribution in [0.15, 0.2) is 12.1 Å². The lowest BCUT2D eigenvalue weighted by molar-refractivity contribution is 0.428. The second-order valence-corrected chi connectivity index (χ2v) is 5.80. The summed E-state index contributed by atoms with van der Waals surface area (Å²) < 4.78 is 0. The molecule has 1 aromatic rings. The van der Waals surface area contributed by atoms with Gasteiger partial charge in [-0.2, -0.15) is 0 Å². The number of nitrogens with one attached hydrogen (secondary N) is 1. The third-order valence-electron chi connectivity index (χ3n) is 3.79. The Hall–Kier alpha value is -0.730. The average molecular weight is 253 g/mol. The second kappa shape index (κ2) is 4.51. The smallest absolute Gasteiger partial charge is 0.0644 e.